The van der Waals surface area contributed by atoms with Gasteiger partial charge in [-0.3, -0.25) is 4.79 Å². The number of hydrogen-bond acceptors (Lipinski definition) is 15. The quantitative estimate of drug-likeness (QED) is 0.146. The second-order valence-corrected chi connectivity index (χ2v) is 19.1. The van der Waals surface area contributed by atoms with Gasteiger partial charge in [-0.1, -0.05) is 47.0 Å². The summed E-state index contributed by atoms with van der Waals surface area (Å²) in [5.74, 6) is -3.71. The molecule has 3 saturated heterocycles. The van der Waals surface area contributed by atoms with Gasteiger partial charge in [-0.15, -0.1) is 0 Å². The minimum atomic E-state index is -1.89. The lowest BCUT2D eigenvalue weighted by Gasteiger charge is -2.49. The fourth-order valence-electron chi connectivity index (χ4n) is 10.0. The zero-order valence-corrected chi connectivity index (χ0v) is 37.6. The molecule has 338 valence electrons. The van der Waals surface area contributed by atoms with Gasteiger partial charge >= 0.3 is 5.97 Å². The van der Waals surface area contributed by atoms with Gasteiger partial charge in [0.2, 0.25) is 0 Å². The Morgan fingerprint density at radius 2 is 1.53 bits per heavy atom. The third-order valence-electron chi connectivity index (χ3n) is 13.8. The summed E-state index contributed by atoms with van der Waals surface area (Å²) in [6.45, 7) is 17.5. The van der Waals surface area contributed by atoms with Crippen LogP contribution in [0.25, 0.3) is 0 Å². The molecule has 4 fully saturated rings. The number of aliphatic hydroxyl groups is 5. The molecule has 0 aromatic rings. The van der Waals surface area contributed by atoms with Crippen LogP contribution in [0.15, 0.2) is 5.10 Å². The topological polar surface area (TPSA) is 201 Å². The molecule has 1 aliphatic carbocycles. The van der Waals surface area contributed by atoms with Crippen molar-refractivity contribution in [1.82, 2.24) is 10.3 Å². The Balaban J connectivity index is 1.86. The minimum absolute atomic E-state index is 0.0789. The molecule has 15 nitrogen and oxygen atoms in total. The van der Waals surface area contributed by atoms with Gasteiger partial charge in [-0.05, 0) is 93.7 Å². The van der Waals surface area contributed by atoms with E-state index < -0.39 is 102 Å². The number of methoxy groups -OCH3 is 1. The number of rotatable bonds is 9. The molecular weight excluding hydrogens is 750 g/mol. The van der Waals surface area contributed by atoms with Crippen LogP contribution >= 0.6 is 0 Å². The maximum absolute atomic E-state index is 14.4. The van der Waals surface area contributed by atoms with Gasteiger partial charge in [-0.25, -0.2) is 0 Å². The van der Waals surface area contributed by atoms with Crippen molar-refractivity contribution in [1.29, 1.82) is 0 Å². The van der Waals surface area contributed by atoms with Crippen molar-refractivity contribution >= 4 is 11.7 Å². The maximum atomic E-state index is 14.4. The van der Waals surface area contributed by atoms with Crippen molar-refractivity contribution in [3.63, 3.8) is 0 Å². The molecule has 58 heavy (non-hydrogen) atoms. The molecule has 1 saturated carbocycles. The van der Waals surface area contributed by atoms with Gasteiger partial charge in [0.05, 0.1) is 47.6 Å². The molecule has 0 aromatic carbocycles. The smallest absolute Gasteiger partial charge is 0.311 e. The zero-order valence-electron chi connectivity index (χ0n) is 37.6. The van der Waals surface area contributed by atoms with E-state index in [-0.39, 0.29) is 37.5 Å². The summed E-state index contributed by atoms with van der Waals surface area (Å²) in [6.07, 6.45) is -3.57. The van der Waals surface area contributed by atoms with Crippen LogP contribution in [0.5, 0.6) is 0 Å². The molecule has 0 radical (unpaired) electrons. The van der Waals surface area contributed by atoms with Crippen molar-refractivity contribution < 1.29 is 58.7 Å². The maximum Gasteiger partial charge on any atom is 0.311 e. The van der Waals surface area contributed by atoms with Gasteiger partial charge in [-0.2, -0.15) is 5.10 Å². The number of hydrogen-bond donors (Lipinski definition) is 6. The molecule has 18 atom stereocenters. The summed E-state index contributed by atoms with van der Waals surface area (Å²) in [5.41, 5.74) is -0.707. The zero-order chi connectivity index (χ0) is 43.5. The molecule has 4 aliphatic rings. The molecule has 15 heteroatoms. The summed E-state index contributed by atoms with van der Waals surface area (Å²) in [7, 11) is 5.28. The van der Waals surface area contributed by atoms with Crippen LogP contribution in [0.1, 0.15) is 127 Å². The summed E-state index contributed by atoms with van der Waals surface area (Å²) < 4.78 is 37.9. The van der Waals surface area contributed by atoms with Gasteiger partial charge in [0, 0.05) is 43.2 Å². The molecule has 3 aliphatic heterocycles. The van der Waals surface area contributed by atoms with E-state index in [9.17, 15) is 30.3 Å². The Bertz CT molecular complexity index is 1350. The number of cyclic esters (lactones) is 1. The van der Waals surface area contributed by atoms with Crippen LogP contribution in [0, 0.1) is 23.7 Å². The lowest BCUT2D eigenvalue weighted by Crippen LogP contribution is -2.61. The van der Waals surface area contributed by atoms with Crippen molar-refractivity contribution in [2.45, 2.75) is 217 Å². The number of nitrogens with zero attached hydrogens (tertiary/aromatic N) is 2. The number of hydrazone groups is 1. The molecule has 3 heterocycles. The third kappa shape index (κ3) is 11.1. The summed E-state index contributed by atoms with van der Waals surface area (Å²) in [5, 5.41) is 64.5. The second kappa shape index (κ2) is 20.1. The highest BCUT2D eigenvalue weighted by atomic mass is 16.7. The van der Waals surface area contributed by atoms with Crippen LogP contribution in [-0.4, -0.2) is 154 Å². The molecule has 0 amide bonds. The first-order valence-corrected chi connectivity index (χ1v) is 21.8. The molecule has 0 spiro atoms. The number of carbonyl (C=O) groups is 1. The molecule has 6 N–H and O–H groups in total. The Morgan fingerprint density at radius 3 is 2.12 bits per heavy atom. The average Bonchev–Trinajstić information content (AvgIpc) is 3.16. The normalized spacial score (nSPS) is 47.7. The van der Waals surface area contributed by atoms with Gasteiger partial charge in [0.15, 0.2) is 12.6 Å². The molecule has 0 bridgehead atoms. The Labute approximate surface area is 347 Å². The van der Waals surface area contributed by atoms with Gasteiger partial charge in [0.25, 0.3) is 0 Å². The fourth-order valence-corrected chi connectivity index (χ4v) is 10.0. The van der Waals surface area contributed by atoms with E-state index in [1.807, 2.05) is 39.8 Å². The van der Waals surface area contributed by atoms with Crippen LogP contribution in [0.2, 0.25) is 0 Å². The number of ether oxygens (including phenoxy) is 6. The standard InChI is InChI=1S/C43H79N3O12/c1-14-31-43(10,52)36(48)25(4)33(45-44-29-18-16-15-17-19-29)23(2)21-41(8,51)38(58-40-34(47)30(46(11)12)20-24(3)54-40)26(5)35(27(6)39(50)56-31)57-32-22-42(9,53-13)37(49)28(7)55-32/h23-32,34-38,40,44,47-49,51-52H,14-22H2,1-13H3/b45-33+/t23-,24-,25+,26+,27-,28+,30+,31-,32?,34-,35+,36-,37+,38-,40+,41-,42-,43-/m1/s1. The van der Waals surface area contributed by atoms with Crippen LogP contribution in [0.3, 0.4) is 0 Å². The second-order valence-electron chi connectivity index (χ2n) is 19.1. The van der Waals surface area contributed by atoms with E-state index in [2.05, 4.69) is 5.43 Å². The highest BCUT2D eigenvalue weighted by Gasteiger charge is 2.53. The third-order valence-corrected chi connectivity index (χ3v) is 13.8. The predicted molar refractivity (Wildman–Crippen MR) is 219 cm³/mol. The van der Waals surface area contributed by atoms with Crippen molar-refractivity contribution in [3.8, 4) is 0 Å². The van der Waals surface area contributed by atoms with Gasteiger partial charge < -0.3 is 64.3 Å². The number of esters is 1. The number of aliphatic hydroxyl groups excluding tert-OH is 3. The Hall–Kier alpha value is -1.50. The van der Waals surface area contributed by atoms with E-state index in [4.69, 9.17) is 33.5 Å². The number of nitrogens with one attached hydrogen (secondary N) is 1. The molecule has 0 aromatic heterocycles. The first kappa shape index (κ1) is 49.2. The first-order chi connectivity index (χ1) is 27.0. The fraction of sp³-hybridized carbons (Fsp3) is 0.953. The predicted octanol–water partition coefficient (Wildman–Crippen LogP) is 3.49. The van der Waals surface area contributed by atoms with Crippen LogP contribution in [0.4, 0.5) is 0 Å². The van der Waals surface area contributed by atoms with Gasteiger partial charge in [0.1, 0.15) is 23.9 Å². The van der Waals surface area contributed by atoms with Crippen molar-refractivity contribution in [2.75, 3.05) is 21.2 Å². The largest absolute Gasteiger partial charge is 0.459 e. The van der Waals surface area contributed by atoms with Crippen molar-refractivity contribution in [3.05, 3.63) is 0 Å². The molecular formula is C43H79N3O12. The SMILES string of the molecule is CC[C@H]1OC(=O)[C@H](C)[C@@H](OC2C[C@@](C)(OC)[C@@H](O)[C@H](C)O2)[C@H](C)[C@@H](O[C@@H]2O[C@H](C)C[C@H](N(C)C)[C@H]2O)[C@](C)(O)C[C@@H](C)/C(=N\NC2CCCCC2)[C@H](C)[C@@H](O)[C@]1(C)O. The minimum Gasteiger partial charge on any atom is -0.459 e. The van der Waals surface area contributed by atoms with E-state index in [1.54, 1.807) is 41.5 Å². The average molecular weight is 830 g/mol. The lowest BCUT2D eigenvalue weighted by molar-refractivity contribution is -0.317. The summed E-state index contributed by atoms with van der Waals surface area (Å²) in [4.78, 5) is 16.3. The lowest BCUT2D eigenvalue weighted by atomic mass is 9.73. The summed E-state index contributed by atoms with van der Waals surface area (Å²) >= 11 is 0. The van der Waals surface area contributed by atoms with Crippen molar-refractivity contribution in [2.24, 2.45) is 28.8 Å². The first-order valence-electron chi connectivity index (χ1n) is 21.8. The number of carbonyl (C=O) groups excluding carboxylic acids is 1. The molecule has 4 rings (SSSR count). The van der Waals surface area contributed by atoms with Crippen LogP contribution in [-0.2, 0) is 33.2 Å². The van der Waals surface area contributed by atoms with E-state index >= 15 is 0 Å². The van der Waals surface area contributed by atoms with E-state index in [0.717, 1.165) is 25.7 Å². The Kier molecular flexibility index (Phi) is 17.1. The monoisotopic (exact) mass is 830 g/mol. The number of likely N-dealkylation sites (N-methyl/N-ethyl adjacent to an activating group) is 1. The highest BCUT2D eigenvalue weighted by molar-refractivity contribution is 5.89. The summed E-state index contributed by atoms with van der Waals surface area (Å²) in [6, 6.07) is -0.150. The van der Waals surface area contributed by atoms with E-state index in [0.29, 0.717) is 12.1 Å². The van der Waals surface area contributed by atoms with E-state index in [1.165, 1.54) is 20.5 Å². The Morgan fingerprint density at radius 1 is 0.897 bits per heavy atom. The molecule has 1 unspecified atom stereocenters. The van der Waals surface area contributed by atoms with Crippen LogP contribution < -0.4 is 5.43 Å². The highest BCUT2D eigenvalue weighted by Crippen LogP contribution is 2.41.